The van der Waals surface area contributed by atoms with Crippen molar-refractivity contribution in [2.45, 2.75) is 19.8 Å². The Bertz CT molecular complexity index is 89.7. The van der Waals surface area contributed by atoms with Crippen LogP contribution in [-0.4, -0.2) is 10.9 Å². The molecule has 3 N–H and O–H groups in total. The second-order valence-electron chi connectivity index (χ2n) is 1.62. The van der Waals surface area contributed by atoms with Crippen LogP contribution >= 0.6 is 34.0 Å². The van der Waals surface area contributed by atoms with E-state index in [9.17, 15) is 0 Å². The molecule has 5 heteroatoms. The number of hydrogen-bond acceptors (Lipinski definition) is 3. The summed E-state index contributed by atoms with van der Waals surface area (Å²) in [6.45, 7) is 2.15. The van der Waals surface area contributed by atoms with Crippen molar-refractivity contribution in [2.75, 3.05) is 5.75 Å². The van der Waals surface area contributed by atoms with Crippen LogP contribution < -0.4 is 5.73 Å². The molecule has 0 rings (SSSR count). The highest BCUT2D eigenvalue weighted by Crippen LogP contribution is 2.20. The van der Waals surface area contributed by atoms with Crippen LogP contribution in [0.25, 0.3) is 0 Å². The van der Waals surface area contributed by atoms with Crippen LogP contribution in [0.1, 0.15) is 19.8 Å². The molecule has 0 fully saturated rings. The molecule has 0 aliphatic carbocycles. The van der Waals surface area contributed by atoms with Crippen LogP contribution in [-0.2, 0) is 0 Å². The van der Waals surface area contributed by atoms with Crippen molar-refractivity contribution in [1.29, 1.82) is 5.41 Å². The minimum absolute atomic E-state index is 0. The average Bonchev–Trinajstić information content (AvgIpc) is 1.80. The predicted molar refractivity (Wildman–Crippen MR) is 54.1 cm³/mol. The van der Waals surface area contributed by atoms with Gasteiger partial charge < -0.3 is 5.73 Å². The zero-order chi connectivity index (χ0) is 7.11. The summed E-state index contributed by atoms with van der Waals surface area (Å²) < 4.78 is 0. The molecule has 0 aliphatic rings. The maximum Gasteiger partial charge on any atom is 0.161 e. The Morgan fingerprint density at radius 1 is 1.60 bits per heavy atom. The maximum absolute atomic E-state index is 6.85. The van der Waals surface area contributed by atoms with Gasteiger partial charge in [-0.25, -0.2) is 0 Å². The van der Waals surface area contributed by atoms with Gasteiger partial charge in [-0.05, 0) is 17.2 Å². The molecule has 0 saturated carbocycles. The molecular weight excluding hydrogens is 188 g/mol. The van der Waals surface area contributed by atoms with E-state index in [4.69, 9.17) is 11.1 Å². The monoisotopic (exact) mass is 200 g/mol. The van der Waals surface area contributed by atoms with Gasteiger partial charge in [-0.2, -0.15) is 0 Å². The lowest BCUT2D eigenvalue weighted by Crippen LogP contribution is -2.01. The molecule has 0 saturated heterocycles. The smallest absolute Gasteiger partial charge is 0.161 e. The van der Waals surface area contributed by atoms with Crippen molar-refractivity contribution in [3.8, 4) is 0 Å². The fraction of sp³-hybridized carbons (Fsp3) is 0.800. The summed E-state index contributed by atoms with van der Waals surface area (Å²) in [5.41, 5.74) is 5.10. The maximum atomic E-state index is 6.85. The number of unbranched alkanes of at least 4 members (excludes halogenated alkanes) is 1. The second kappa shape index (κ2) is 9.46. The highest BCUT2D eigenvalue weighted by Gasteiger charge is 1.89. The van der Waals surface area contributed by atoms with Crippen molar-refractivity contribution < 1.29 is 0 Å². The highest BCUT2D eigenvalue weighted by molar-refractivity contribution is 8.82. The van der Waals surface area contributed by atoms with Crippen LogP contribution in [0.15, 0.2) is 0 Å². The van der Waals surface area contributed by atoms with Crippen LogP contribution in [0.4, 0.5) is 0 Å². The highest BCUT2D eigenvalue weighted by atomic mass is 35.5. The number of halogens is 1. The molecule has 0 unspecified atom stereocenters. The van der Waals surface area contributed by atoms with Crippen LogP contribution in [0.2, 0.25) is 0 Å². The summed E-state index contributed by atoms with van der Waals surface area (Å²) in [5, 5.41) is 7.05. The van der Waals surface area contributed by atoms with Gasteiger partial charge in [-0.15, -0.1) is 12.4 Å². The Labute approximate surface area is 76.0 Å². The van der Waals surface area contributed by atoms with Crippen LogP contribution in [0.5, 0.6) is 0 Å². The number of amidine groups is 1. The third-order valence-electron chi connectivity index (χ3n) is 0.730. The lowest BCUT2D eigenvalue weighted by Gasteiger charge is -1.94. The van der Waals surface area contributed by atoms with E-state index in [0.717, 1.165) is 5.75 Å². The summed E-state index contributed by atoms with van der Waals surface area (Å²) in [6, 6.07) is 0. The largest absolute Gasteiger partial charge is 0.378 e. The SMILES string of the molecule is CCCCSSC(=N)N.Cl. The van der Waals surface area contributed by atoms with Gasteiger partial charge in [0.15, 0.2) is 5.17 Å². The molecule has 0 aromatic rings. The van der Waals surface area contributed by atoms with Gasteiger partial charge in [-0.1, -0.05) is 24.1 Å². The predicted octanol–water partition coefficient (Wildman–Crippen LogP) is 2.48. The molecular formula is C5H13ClN2S2. The number of nitrogens with one attached hydrogen (secondary N) is 1. The van der Waals surface area contributed by atoms with Gasteiger partial charge in [-0.3, -0.25) is 5.41 Å². The fourth-order valence-electron chi connectivity index (χ4n) is 0.308. The van der Waals surface area contributed by atoms with Gasteiger partial charge >= 0.3 is 0 Å². The molecule has 0 aromatic heterocycles. The minimum atomic E-state index is 0. The third-order valence-corrected chi connectivity index (χ3v) is 2.87. The van der Waals surface area contributed by atoms with E-state index in [1.54, 1.807) is 10.8 Å². The Hall–Kier alpha value is 0.460. The van der Waals surface area contributed by atoms with E-state index < -0.39 is 0 Å². The Balaban J connectivity index is 0. The number of rotatable bonds is 4. The van der Waals surface area contributed by atoms with Crippen molar-refractivity contribution in [3.63, 3.8) is 0 Å². The third kappa shape index (κ3) is 11.3. The Kier molecular flexibility index (Phi) is 12.4. The first kappa shape index (κ1) is 13.1. The molecule has 0 bridgehead atoms. The molecule has 10 heavy (non-hydrogen) atoms. The van der Waals surface area contributed by atoms with Crippen molar-refractivity contribution in [2.24, 2.45) is 5.73 Å². The molecule has 0 aliphatic heterocycles. The molecule has 0 amide bonds. The fourth-order valence-corrected chi connectivity index (χ4v) is 1.91. The molecule has 0 atom stereocenters. The molecule has 0 radical (unpaired) electrons. The summed E-state index contributed by atoms with van der Waals surface area (Å²) in [5.74, 6) is 1.10. The molecule has 0 aromatic carbocycles. The van der Waals surface area contributed by atoms with Gasteiger partial charge in [0.1, 0.15) is 0 Å². The first-order valence-corrected chi connectivity index (χ1v) is 5.22. The van der Waals surface area contributed by atoms with Gasteiger partial charge in [0.2, 0.25) is 0 Å². The van der Waals surface area contributed by atoms with Gasteiger partial charge in [0.25, 0.3) is 0 Å². The summed E-state index contributed by atoms with van der Waals surface area (Å²) in [6.07, 6.45) is 2.43. The summed E-state index contributed by atoms with van der Waals surface area (Å²) in [4.78, 5) is 0. The molecule has 0 spiro atoms. The van der Waals surface area contributed by atoms with Crippen LogP contribution in [0.3, 0.4) is 0 Å². The van der Waals surface area contributed by atoms with E-state index in [0.29, 0.717) is 0 Å². The Morgan fingerprint density at radius 2 is 2.20 bits per heavy atom. The number of nitrogens with two attached hydrogens (primary N) is 1. The lowest BCUT2D eigenvalue weighted by atomic mass is 10.4. The first-order chi connectivity index (χ1) is 4.27. The summed E-state index contributed by atoms with van der Waals surface area (Å²) >= 11 is 0. The first-order valence-electron chi connectivity index (χ1n) is 2.91. The van der Waals surface area contributed by atoms with E-state index in [1.807, 2.05) is 0 Å². The number of hydrogen-bond donors (Lipinski definition) is 2. The molecule has 0 heterocycles. The van der Waals surface area contributed by atoms with Gasteiger partial charge in [0, 0.05) is 5.75 Å². The van der Waals surface area contributed by atoms with Crippen molar-refractivity contribution in [3.05, 3.63) is 0 Å². The van der Waals surface area contributed by atoms with E-state index in [2.05, 4.69) is 6.92 Å². The van der Waals surface area contributed by atoms with Gasteiger partial charge in [0.05, 0.1) is 0 Å². The van der Waals surface area contributed by atoms with E-state index in [1.165, 1.54) is 23.6 Å². The minimum Gasteiger partial charge on any atom is -0.378 e. The summed E-state index contributed by atoms with van der Waals surface area (Å²) in [7, 11) is 3.00. The van der Waals surface area contributed by atoms with E-state index >= 15 is 0 Å². The quantitative estimate of drug-likeness (QED) is 0.317. The second-order valence-corrected chi connectivity index (χ2v) is 4.08. The molecule has 2 nitrogen and oxygen atoms in total. The standard InChI is InChI=1S/C5H12N2S2.ClH/c1-2-3-4-8-9-5(6)7;/h2-4H2,1H3,(H3,6,7);1H. The zero-order valence-corrected chi connectivity index (χ0v) is 8.37. The van der Waals surface area contributed by atoms with E-state index in [-0.39, 0.29) is 17.6 Å². The Morgan fingerprint density at radius 3 is 2.60 bits per heavy atom. The topological polar surface area (TPSA) is 49.9 Å². The zero-order valence-electron chi connectivity index (χ0n) is 5.92. The lowest BCUT2D eigenvalue weighted by molar-refractivity contribution is 0.898. The average molecular weight is 201 g/mol. The molecule has 62 valence electrons. The van der Waals surface area contributed by atoms with Crippen LogP contribution in [0, 0.1) is 5.41 Å². The normalized spacial score (nSPS) is 8.50. The van der Waals surface area contributed by atoms with Crippen molar-refractivity contribution >= 4 is 39.2 Å². The van der Waals surface area contributed by atoms with Crippen molar-refractivity contribution in [1.82, 2.24) is 0 Å².